The average molecular weight is 416 g/mol. The van der Waals surface area contributed by atoms with Gasteiger partial charge in [0.1, 0.15) is 0 Å². The fourth-order valence-corrected chi connectivity index (χ4v) is 3.77. The number of carbonyl (C=O) groups is 2. The van der Waals surface area contributed by atoms with Gasteiger partial charge in [-0.1, -0.05) is 42.0 Å². The molecule has 0 aliphatic carbocycles. The van der Waals surface area contributed by atoms with Gasteiger partial charge >= 0.3 is 0 Å². The number of hydrogen-bond acceptors (Lipinski definition) is 3. The molecule has 0 saturated heterocycles. The molecular weight excluding hydrogens is 386 g/mol. The van der Waals surface area contributed by atoms with Crippen molar-refractivity contribution in [1.29, 1.82) is 0 Å². The summed E-state index contributed by atoms with van der Waals surface area (Å²) < 4.78 is 0. The molecule has 2 N–H and O–H groups in total. The molecule has 3 rings (SSSR count). The van der Waals surface area contributed by atoms with Crippen LogP contribution in [0.5, 0.6) is 0 Å². The van der Waals surface area contributed by atoms with Gasteiger partial charge in [-0.25, -0.2) is 0 Å². The molecule has 0 bridgehead atoms. The maximum atomic E-state index is 13.0. The van der Waals surface area contributed by atoms with Crippen molar-refractivity contribution in [2.75, 3.05) is 28.6 Å². The number of nitrogens with zero attached hydrogens (tertiary/aromatic N) is 1. The van der Waals surface area contributed by atoms with E-state index < -0.39 is 0 Å². The second-order valence-electron chi connectivity index (χ2n) is 7.64. The summed E-state index contributed by atoms with van der Waals surface area (Å²) in [5.74, 6) is -0.270. The number of anilines is 3. The van der Waals surface area contributed by atoms with Gasteiger partial charge in [-0.15, -0.1) is 0 Å². The van der Waals surface area contributed by atoms with Crippen molar-refractivity contribution in [3.05, 3.63) is 89.0 Å². The quantitative estimate of drug-likeness (QED) is 0.548. The van der Waals surface area contributed by atoms with Crippen LogP contribution in [0.25, 0.3) is 0 Å². The molecule has 160 valence electrons. The third kappa shape index (κ3) is 5.51. The van der Waals surface area contributed by atoms with Crippen molar-refractivity contribution >= 4 is 28.9 Å². The van der Waals surface area contributed by atoms with Crippen molar-refractivity contribution in [3.8, 4) is 0 Å². The molecule has 3 aromatic carbocycles. The van der Waals surface area contributed by atoms with E-state index in [0.29, 0.717) is 17.8 Å². The molecule has 2 amide bonds. The summed E-state index contributed by atoms with van der Waals surface area (Å²) in [6.07, 6.45) is 0. The molecular formula is C26H29N3O2. The summed E-state index contributed by atoms with van der Waals surface area (Å²) in [4.78, 5) is 27.2. The number of rotatable bonds is 7. The highest BCUT2D eigenvalue weighted by molar-refractivity contribution is 6.07. The van der Waals surface area contributed by atoms with Crippen LogP contribution in [-0.4, -0.2) is 24.9 Å². The topological polar surface area (TPSA) is 61.4 Å². The van der Waals surface area contributed by atoms with Gasteiger partial charge in [0.05, 0.1) is 6.54 Å². The van der Waals surface area contributed by atoms with Gasteiger partial charge in [-0.2, -0.15) is 0 Å². The standard InChI is InChI=1S/C26H29N3O2/c1-5-29(23-12-7-6-8-13-23)26(31)21-10-9-11-22(16-21)28-24(30)17-27-25-19(3)14-18(2)15-20(25)4/h6-16,27H,5,17H2,1-4H3,(H,28,30). The molecule has 0 aromatic heterocycles. The summed E-state index contributed by atoms with van der Waals surface area (Å²) in [7, 11) is 0. The minimum atomic E-state index is -0.167. The first-order chi connectivity index (χ1) is 14.9. The number of benzene rings is 3. The first kappa shape index (κ1) is 22.1. The van der Waals surface area contributed by atoms with Gasteiger partial charge < -0.3 is 15.5 Å². The summed E-state index contributed by atoms with van der Waals surface area (Å²) >= 11 is 0. The average Bonchev–Trinajstić information content (AvgIpc) is 2.74. The second kappa shape index (κ2) is 9.94. The van der Waals surface area contributed by atoms with E-state index in [-0.39, 0.29) is 18.4 Å². The lowest BCUT2D eigenvalue weighted by atomic mass is 10.1. The van der Waals surface area contributed by atoms with Gasteiger partial charge in [0.25, 0.3) is 5.91 Å². The lowest BCUT2D eigenvalue weighted by Crippen LogP contribution is -2.30. The summed E-state index contributed by atoms with van der Waals surface area (Å²) in [5.41, 5.74) is 6.37. The third-order valence-corrected chi connectivity index (χ3v) is 5.13. The summed E-state index contributed by atoms with van der Waals surface area (Å²) in [5, 5.41) is 6.11. The second-order valence-corrected chi connectivity index (χ2v) is 7.64. The van der Waals surface area contributed by atoms with E-state index in [1.165, 1.54) is 5.56 Å². The highest BCUT2D eigenvalue weighted by atomic mass is 16.2. The first-order valence-corrected chi connectivity index (χ1v) is 10.5. The zero-order chi connectivity index (χ0) is 22.4. The van der Waals surface area contributed by atoms with Crippen molar-refractivity contribution in [2.24, 2.45) is 0 Å². The number of para-hydroxylation sites is 1. The van der Waals surface area contributed by atoms with Crippen LogP contribution in [0, 0.1) is 20.8 Å². The number of carbonyl (C=O) groups excluding carboxylic acids is 2. The molecule has 0 atom stereocenters. The molecule has 5 nitrogen and oxygen atoms in total. The zero-order valence-electron chi connectivity index (χ0n) is 18.5. The van der Waals surface area contributed by atoms with E-state index in [4.69, 9.17) is 0 Å². The summed E-state index contributed by atoms with van der Waals surface area (Å²) in [6, 6.07) is 20.8. The van der Waals surface area contributed by atoms with Crippen LogP contribution in [0.2, 0.25) is 0 Å². The van der Waals surface area contributed by atoms with E-state index >= 15 is 0 Å². The van der Waals surface area contributed by atoms with Crippen LogP contribution in [0.3, 0.4) is 0 Å². The van der Waals surface area contributed by atoms with E-state index in [2.05, 4.69) is 29.7 Å². The molecule has 3 aromatic rings. The number of amides is 2. The Labute approximate surface area is 184 Å². The Morgan fingerprint density at radius 2 is 1.55 bits per heavy atom. The highest BCUT2D eigenvalue weighted by Gasteiger charge is 2.16. The molecule has 31 heavy (non-hydrogen) atoms. The minimum Gasteiger partial charge on any atom is -0.376 e. The van der Waals surface area contributed by atoms with Crippen LogP contribution in [-0.2, 0) is 4.79 Å². The van der Waals surface area contributed by atoms with Crippen molar-refractivity contribution in [1.82, 2.24) is 0 Å². The van der Waals surface area contributed by atoms with Crippen LogP contribution >= 0.6 is 0 Å². The lowest BCUT2D eigenvalue weighted by Gasteiger charge is -2.21. The number of hydrogen-bond donors (Lipinski definition) is 2. The molecule has 0 heterocycles. The Bertz CT molecular complexity index is 1050. The molecule has 0 spiro atoms. The molecule has 0 unspecified atom stereocenters. The normalized spacial score (nSPS) is 10.5. The van der Waals surface area contributed by atoms with Gasteiger partial charge in [0.2, 0.25) is 5.91 Å². The Kier molecular flexibility index (Phi) is 7.08. The predicted octanol–water partition coefficient (Wildman–Crippen LogP) is 5.33. The molecule has 0 aliphatic rings. The van der Waals surface area contributed by atoms with E-state index in [1.807, 2.05) is 51.1 Å². The molecule has 0 aliphatic heterocycles. The largest absolute Gasteiger partial charge is 0.376 e. The predicted molar refractivity (Wildman–Crippen MR) is 128 cm³/mol. The van der Waals surface area contributed by atoms with Crippen LogP contribution < -0.4 is 15.5 Å². The Morgan fingerprint density at radius 1 is 0.871 bits per heavy atom. The fourth-order valence-electron chi connectivity index (χ4n) is 3.77. The van der Waals surface area contributed by atoms with E-state index in [9.17, 15) is 9.59 Å². The fraction of sp³-hybridized carbons (Fsp3) is 0.231. The third-order valence-electron chi connectivity index (χ3n) is 5.13. The zero-order valence-corrected chi connectivity index (χ0v) is 18.5. The molecule has 0 radical (unpaired) electrons. The van der Waals surface area contributed by atoms with Gasteiger partial charge in [0, 0.05) is 29.2 Å². The molecule has 0 saturated carbocycles. The van der Waals surface area contributed by atoms with Crippen molar-refractivity contribution in [3.63, 3.8) is 0 Å². The minimum absolute atomic E-state index is 0.103. The highest BCUT2D eigenvalue weighted by Crippen LogP contribution is 2.22. The molecule has 5 heteroatoms. The van der Waals surface area contributed by atoms with E-state index in [0.717, 1.165) is 22.5 Å². The maximum absolute atomic E-state index is 13.0. The molecule has 0 fully saturated rings. The Hall–Kier alpha value is -3.60. The maximum Gasteiger partial charge on any atom is 0.258 e. The van der Waals surface area contributed by atoms with Crippen molar-refractivity contribution < 1.29 is 9.59 Å². The van der Waals surface area contributed by atoms with E-state index in [1.54, 1.807) is 29.2 Å². The van der Waals surface area contributed by atoms with Crippen LogP contribution in [0.1, 0.15) is 34.0 Å². The Balaban J connectivity index is 1.67. The first-order valence-electron chi connectivity index (χ1n) is 10.5. The number of aryl methyl sites for hydroxylation is 3. The van der Waals surface area contributed by atoms with Crippen LogP contribution in [0.4, 0.5) is 17.1 Å². The monoisotopic (exact) mass is 415 g/mol. The van der Waals surface area contributed by atoms with Gasteiger partial charge in [0.15, 0.2) is 0 Å². The Morgan fingerprint density at radius 3 is 2.19 bits per heavy atom. The lowest BCUT2D eigenvalue weighted by molar-refractivity contribution is -0.114. The van der Waals surface area contributed by atoms with Crippen LogP contribution in [0.15, 0.2) is 66.7 Å². The van der Waals surface area contributed by atoms with Gasteiger partial charge in [-0.3, -0.25) is 9.59 Å². The SMILES string of the molecule is CCN(C(=O)c1cccc(NC(=O)CNc2c(C)cc(C)cc2C)c1)c1ccccc1. The van der Waals surface area contributed by atoms with Gasteiger partial charge in [-0.05, 0) is 69.2 Å². The smallest absolute Gasteiger partial charge is 0.258 e. The summed E-state index contributed by atoms with van der Waals surface area (Å²) in [6.45, 7) is 8.76. The van der Waals surface area contributed by atoms with Crippen molar-refractivity contribution in [2.45, 2.75) is 27.7 Å². The number of nitrogens with one attached hydrogen (secondary N) is 2.